The van der Waals surface area contributed by atoms with Gasteiger partial charge in [0.2, 0.25) is 0 Å². The number of rotatable bonds is 3. The van der Waals surface area contributed by atoms with Gasteiger partial charge in [0.05, 0.1) is 6.10 Å². The smallest absolute Gasteiger partial charge is 0.335 e. The summed E-state index contributed by atoms with van der Waals surface area (Å²) in [7, 11) is 2.09. The standard InChI is InChI=1S/C12H22N2O3/c1-14-6-4-9(5-7-14)17-12(15)11-3-2-10(8-13)16-11/h9-11H,2-8,13H2,1H3. The van der Waals surface area contributed by atoms with Crippen LogP contribution in [0.25, 0.3) is 0 Å². The van der Waals surface area contributed by atoms with Crippen LogP contribution in [0.4, 0.5) is 0 Å². The van der Waals surface area contributed by atoms with Crippen molar-refractivity contribution in [3.63, 3.8) is 0 Å². The van der Waals surface area contributed by atoms with Crippen molar-refractivity contribution in [3.8, 4) is 0 Å². The molecule has 17 heavy (non-hydrogen) atoms. The van der Waals surface area contributed by atoms with Gasteiger partial charge >= 0.3 is 5.97 Å². The fourth-order valence-electron chi connectivity index (χ4n) is 2.40. The van der Waals surface area contributed by atoms with Crippen LogP contribution in [0.1, 0.15) is 25.7 Å². The zero-order chi connectivity index (χ0) is 12.3. The van der Waals surface area contributed by atoms with Crippen LogP contribution in [0.2, 0.25) is 0 Å². The summed E-state index contributed by atoms with van der Waals surface area (Å²) in [5.74, 6) is -0.199. The van der Waals surface area contributed by atoms with Gasteiger partial charge in [-0.05, 0) is 32.7 Å². The second kappa shape index (κ2) is 5.80. The van der Waals surface area contributed by atoms with Gasteiger partial charge in [-0.25, -0.2) is 4.79 Å². The van der Waals surface area contributed by atoms with Gasteiger partial charge in [0.25, 0.3) is 0 Å². The largest absolute Gasteiger partial charge is 0.460 e. The van der Waals surface area contributed by atoms with E-state index < -0.39 is 0 Å². The van der Waals surface area contributed by atoms with Crippen LogP contribution in [0.15, 0.2) is 0 Å². The van der Waals surface area contributed by atoms with Crippen LogP contribution in [0.3, 0.4) is 0 Å². The monoisotopic (exact) mass is 242 g/mol. The Morgan fingerprint density at radius 3 is 2.65 bits per heavy atom. The van der Waals surface area contributed by atoms with Crippen molar-refractivity contribution in [3.05, 3.63) is 0 Å². The van der Waals surface area contributed by atoms with Crippen LogP contribution >= 0.6 is 0 Å². The summed E-state index contributed by atoms with van der Waals surface area (Å²) in [6.45, 7) is 2.47. The molecule has 0 saturated carbocycles. The van der Waals surface area contributed by atoms with Gasteiger partial charge in [-0.15, -0.1) is 0 Å². The van der Waals surface area contributed by atoms with Crippen LogP contribution in [0.5, 0.6) is 0 Å². The van der Waals surface area contributed by atoms with E-state index in [0.717, 1.165) is 38.8 Å². The number of likely N-dealkylation sites (tertiary alicyclic amines) is 1. The van der Waals surface area contributed by atoms with Gasteiger partial charge in [0.1, 0.15) is 6.10 Å². The molecule has 0 aromatic carbocycles. The highest BCUT2D eigenvalue weighted by molar-refractivity contribution is 5.75. The Morgan fingerprint density at radius 2 is 2.06 bits per heavy atom. The molecular weight excluding hydrogens is 220 g/mol. The molecule has 0 aromatic rings. The lowest BCUT2D eigenvalue weighted by atomic mass is 10.1. The Balaban J connectivity index is 1.74. The van der Waals surface area contributed by atoms with Crippen LogP contribution in [-0.2, 0) is 14.3 Å². The van der Waals surface area contributed by atoms with Crippen molar-refractivity contribution in [2.24, 2.45) is 5.73 Å². The molecular formula is C12H22N2O3. The molecule has 0 amide bonds. The molecule has 0 spiro atoms. The molecule has 0 bridgehead atoms. The average molecular weight is 242 g/mol. The maximum absolute atomic E-state index is 11.9. The SMILES string of the molecule is CN1CCC(OC(=O)C2CCC(CN)O2)CC1. The first kappa shape index (κ1) is 12.8. The molecule has 2 saturated heterocycles. The van der Waals surface area contributed by atoms with E-state index in [-0.39, 0.29) is 24.3 Å². The minimum absolute atomic E-state index is 0.0324. The Hall–Kier alpha value is -0.650. The predicted molar refractivity (Wildman–Crippen MR) is 63.6 cm³/mol. The number of hydrogen-bond donors (Lipinski definition) is 1. The van der Waals surface area contributed by atoms with Gasteiger partial charge in [-0.1, -0.05) is 0 Å². The van der Waals surface area contributed by atoms with E-state index >= 15 is 0 Å². The minimum atomic E-state index is -0.386. The Morgan fingerprint density at radius 1 is 1.35 bits per heavy atom. The number of piperidine rings is 1. The van der Waals surface area contributed by atoms with Crippen LogP contribution in [0, 0.1) is 0 Å². The van der Waals surface area contributed by atoms with Gasteiger partial charge in [-0.2, -0.15) is 0 Å². The second-order valence-electron chi connectivity index (χ2n) is 5.00. The lowest BCUT2D eigenvalue weighted by Crippen LogP contribution is -2.37. The van der Waals surface area contributed by atoms with Gasteiger partial charge in [0, 0.05) is 19.6 Å². The summed E-state index contributed by atoms with van der Waals surface area (Å²) >= 11 is 0. The van der Waals surface area contributed by atoms with Crippen molar-refractivity contribution in [1.82, 2.24) is 4.90 Å². The average Bonchev–Trinajstić information content (AvgIpc) is 2.81. The second-order valence-corrected chi connectivity index (χ2v) is 5.00. The van der Waals surface area contributed by atoms with E-state index in [2.05, 4.69) is 11.9 Å². The lowest BCUT2D eigenvalue weighted by Gasteiger charge is -2.29. The van der Waals surface area contributed by atoms with Gasteiger partial charge < -0.3 is 20.1 Å². The molecule has 5 heteroatoms. The fourth-order valence-corrected chi connectivity index (χ4v) is 2.40. The van der Waals surface area contributed by atoms with Crippen molar-refractivity contribution in [2.75, 3.05) is 26.7 Å². The number of esters is 1. The first-order chi connectivity index (χ1) is 8.19. The number of carbonyl (C=O) groups is 1. The third-order valence-electron chi connectivity index (χ3n) is 3.58. The van der Waals surface area contributed by atoms with Crippen LogP contribution < -0.4 is 5.73 Å². The highest BCUT2D eigenvalue weighted by Gasteiger charge is 2.32. The summed E-state index contributed by atoms with van der Waals surface area (Å²) < 4.78 is 11.0. The van der Waals surface area contributed by atoms with E-state index in [0.29, 0.717) is 6.54 Å². The molecule has 5 nitrogen and oxygen atoms in total. The quantitative estimate of drug-likeness (QED) is 0.713. The molecule has 2 fully saturated rings. The third kappa shape index (κ3) is 3.40. The molecule has 2 atom stereocenters. The van der Waals surface area contributed by atoms with Crippen molar-refractivity contribution < 1.29 is 14.3 Å². The molecule has 0 aromatic heterocycles. The van der Waals surface area contributed by atoms with Crippen LogP contribution in [-0.4, -0.2) is 55.9 Å². The Kier molecular flexibility index (Phi) is 4.36. The van der Waals surface area contributed by atoms with Crippen molar-refractivity contribution in [2.45, 2.75) is 44.0 Å². The number of nitrogens with zero attached hydrogens (tertiary/aromatic N) is 1. The first-order valence-electron chi connectivity index (χ1n) is 6.43. The molecule has 2 heterocycles. The summed E-state index contributed by atoms with van der Waals surface area (Å²) in [5, 5.41) is 0. The molecule has 0 aliphatic carbocycles. The van der Waals surface area contributed by atoms with E-state index in [1.54, 1.807) is 0 Å². The van der Waals surface area contributed by atoms with Crippen molar-refractivity contribution >= 4 is 5.97 Å². The Labute approximate surface area is 102 Å². The maximum atomic E-state index is 11.9. The lowest BCUT2D eigenvalue weighted by molar-refractivity contribution is -0.163. The summed E-state index contributed by atoms with van der Waals surface area (Å²) in [4.78, 5) is 14.1. The summed E-state index contributed by atoms with van der Waals surface area (Å²) in [6, 6.07) is 0. The third-order valence-corrected chi connectivity index (χ3v) is 3.58. The zero-order valence-corrected chi connectivity index (χ0v) is 10.4. The maximum Gasteiger partial charge on any atom is 0.335 e. The van der Waals surface area contributed by atoms with E-state index in [1.807, 2.05) is 0 Å². The molecule has 98 valence electrons. The normalized spacial score (nSPS) is 31.6. The number of hydrogen-bond acceptors (Lipinski definition) is 5. The molecule has 2 unspecified atom stereocenters. The molecule has 0 radical (unpaired) electrons. The Bertz CT molecular complexity index is 264. The fraction of sp³-hybridized carbons (Fsp3) is 0.917. The predicted octanol–water partition coefficient (Wildman–Crippen LogP) is 0.130. The summed E-state index contributed by atoms with van der Waals surface area (Å²) in [6.07, 6.45) is 3.18. The molecule has 2 aliphatic heterocycles. The van der Waals surface area contributed by atoms with E-state index in [4.69, 9.17) is 15.2 Å². The summed E-state index contributed by atoms with van der Waals surface area (Å²) in [5.41, 5.74) is 5.51. The van der Waals surface area contributed by atoms with E-state index in [9.17, 15) is 4.79 Å². The molecule has 2 N–H and O–H groups in total. The van der Waals surface area contributed by atoms with Gasteiger partial charge in [-0.3, -0.25) is 0 Å². The molecule has 2 aliphatic rings. The first-order valence-corrected chi connectivity index (χ1v) is 6.43. The van der Waals surface area contributed by atoms with E-state index in [1.165, 1.54) is 0 Å². The zero-order valence-electron chi connectivity index (χ0n) is 10.4. The molecule has 2 rings (SSSR count). The van der Waals surface area contributed by atoms with Gasteiger partial charge in [0.15, 0.2) is 6.10 Å². The highest BCUT2D eigenvalue weighted by atomic mass is 16.6. The number of nitrogens with two attached hydrogens (primary N) is 1. The highest BCUT2D eigenvalue weighted by Crippen LogP contribution is 2.22. The number of ether oxygens (including phenoxy) is 2. The topological polar surface area (TPSA) is 64.8 Å². The minimum Gasteiger partial charge on any atom is -0.460 e. The number of carbonyl (C=O) groups excluding carboxylic acids is 1. The van der Waals surface area contributed by atoms with Crippen molar-refractivity contribution in [1.29, 1.82) is 0 Å².